The van der Waals surface area contributed by atoms with E-state index < -0.39 is 71.4 Å². The summed E-state index contributed by atoms with van der Waals surface area (Å²) in [6.07, 6.45) is -3.12. The summed E-state index contributed by atoms with van der Waals surface area (Å²) in [6.45, 7) is 18.0. The van der Waals surface area contributed by atoms with Gasteiger partial charge in [-0.15, -0.1) is 0 Å². The van der Waals surface area contributed by atoms with Gasteiger partial charge in [-0.05, 0) is 67.0 Å². The molecule has 0 amide bonds. The number of Topliss-reactive ketones (excluding diaryl/α,β-unsaturated/α-hetero) is 2. The summed E-state index contributed by atoms with van der Waals surface area (Å²) in [5.74, 6) is -4.22. The van der Waals surface area contributed by atoms with E-state index >= 15 is 0 Å². The maximum atomic E-state index is 14.1. The number of ketones is 2. The summed E-state index contributed by atoms with van der Waals surface area (Å²) >= 11 is 0. The van der Waals surface area contributed by atoms with Gasteiger partial charge < -0.3 is 38.4 Å². The molecule has 1 unspecified atom stereocenters. The summed E-state index contributed by atoms with van der Waals surface area (Å²) in [5, 5.41) is 11.9. The first kappa shape index (κ1) is 37.7. The first-order valence-electron chi connectivity index (χ1n) is 16.3. The minimum absolute atomic E-state index is 0.0302. The second kappa shape index (κ2) is 15.0. The minimum atomic E-state index is -1.69. The molecule has 3 rings (SSSR count). The number of fused-ring (bicyclic) bond motifs is 5. The average molecular weight is 640 g/mol. The smallest absolute Gasteiger partial charge is 0.316 e. The van der Waals surface area contributed by atoms with Crippen molar-refractivity contribution in [3.8, 4) is 0 Å². The second-order valence-corrected chi connectivity index (χ2v) is 14.2. The largest absolute Gasteiger partial charge is 0.459 e. The first-order valence-corrected chi connectivity index (χ1v) is 16.3. The monoisotopic (exact) mass is 639 g/mol. The predicted octanol–water partition coefficient (Wildman–Crippen LogP) is 3.34. The highest BCUT2D eigenvalue weighted by Gasteiger charge is 2.52. The van der Waals surface area contributed by atoms with Crippen LogP contribution in [0.15, 0.2) is 12.2 Å². The van der Waals surface area contributed by atoms with Gasteiger partial charge in [-0.2, -0.15) is 0 Å². The van der Waals surface area contributed by atoms with Gasteiger partial charge in [-0.25, -0.2) is 0 Å². The van der Waals surface area contributed by atoms with E-state index in [1.54, 1.807) is 27.9 Å². The number of esters is 1. The third-order valence-corrected chi connectivity index (χ3v) is 10.3. The molecular weight excluding hydrogens is 582 g/mol. The molecule has 45 heavy (non-hydrogen) atoms. The standard InChI is InChI=1S/C34H57NO10/c1-13-26-34(9,39)30-21(5)20(4)18(2)15-33(8,42-17-24(36)16-41-30)29(22(6)27(37)23(7)31(38)44-26)45-32-28(40-12)25(35(10)11)14-19(3)43-32/h18-19,21-23,25-26,28-30,32,39H,4,13-17H2,1-3,5-12H3/t18-,19-,21+,22+,23?,25+,26-,28-,29-,30-,32+,33-,34-/m1/s1. The number of aliphatic hydroxyl groups is 1. The van der Waals surface area contributed by atoms with Crippen LogP contribution in [0.25, 0.3) is 0 Å². The Labute approximate surface area is 269 Å². The Morgan fingerprint density at radius 3 is 2.27 bits per heavy atom. The van der Waals surface area contributed by atoms with Crippen molar-refractivity contribution in [2.24, 2.45) is 23.7 Å². The number of carbonyl (C=O) groups excluding carboxylic acids is 3. The van der Waals surface area contributed by atoms with E-state index in [2.05, 4.69) is 11.5 Å². The number of ether oxygens (including phenoxy) is 6. The predicted molar refractivity (Wildman–Crippen MR) is 167 cm³/mol. The van der Waals surface area contributed by atoms with Crippen LogP contribution < -0.4 is 0 Å². The van der Waals surface area contributed by atoms with Crippen LogP contribution in [0.2, 0.25) is 0 Å². The lowest BCUT2D eigenvalue weighted by Gasteiger charge is -2.48. The van der Waals surface area contributed by atoms with E-state index in [0.29, 0.717) is 12.8 Å². The van der Waals surface area contributed by atoms with Crippen LogP contribution in [0, 0.1) is 23.7 Å². The molecule has 3 heterocycles. The van der Waals surface area contributed by atoms with Crippen LogP contribution in [0.3, 0.4) is 0 Å². The van der Waals surface area contributed by atoms with Gasteiger partial charge in [0.15, 0.2) is 17.9 Å². The van der Waals surface area contributed by atoms with Gasteiger partial charge >= 0.3 is 5.97 Å². The molecule has 3 saturated heterocycles. The quantitative estimate of drug-likeness (QED) is 0.270. The summed E-state index contributed by atoms with van der Waals surface area (Å²) in [5.41, 5.74) is -2.15. The van der Waals surface area contributed by atoms with Crippen molar-refractivity contribution in [3.63, 3.8) is 0 Å². The molecule has 0 aliphatic carbocycles. The molecule has 3 aliphatic heterocycles. The number of likely N-dealkylation sites (N-methyl/N-ethyl adjacent to an activating group) is 1. The molecule has 3 aliphatic rings. The Bertz CT molecular complexity index is 1080. The van der Waals surface area contributed by atoms with Crippen molar-refractivity contribution in [2.75, 3.05) is 34.4 Å². The number of hydrogen-bond acceptors (Lipinski definition) is 11. The van der Waals surface area contributed by atoms with Crippen molar-refractivity contribution in [2.45, 2.75) is 129 Å². The van der Waals surface area contributed by atoms with Crippen molar-refractivity contribution in [1.82, 2.24) is 4.90 Å². The summed E-state index contributed by atoms with van der Waals surface area (Å²) in [4.78, 5) is 43.0. The lowest BCUT2D eigenvalue weighted by molar-refractivity contribution is -0.300. The van der Waals surface area contributed by atoms with E-state index in [1.807, 2.05) is 41.8 Å². The maximum absolute atomic E-state index is 14.1. The van der Waals surface area contributed by atoms with Crippen LogP contribution in [0.4, 0.5) is 0 Å². The Kier molecular flexibility index (Phi) is 12.6. The van der Waals surface area contributed by atoms with Gasteiger partial charge in [-0.1, -0.05) is 39.8 Å². The maximum Gasteiger partial charge on any atom is 0.316 e. The highest BCUT2D eigenvalue weighted by atomic mass is 16.7. The zero-order chi connectivity index (χ0) is 34.0. The molecule has 11 nitrogen and oxygen atoms in total. The van der Waals surface area contributed by atoms with Crippen molar-refractivity contribution in [1.29, 1.82) is 0 Å². The zero-order valence-electron chi connectivity index (χ0n) is 29.2. The normalized spacial score (nSPS) is 44.6. The van der Waals surface area contributed by atoms with E-state index in [1.165, 1.54) is 6.92 Å². The van der Waals surface area contributed by atoms with Crippen molar-refractivity contribution < 1.29 is 47.9 Å². The van der Waals surface area contributed by atoms with Crippen molar-refractivity contribution in [3.05, 3.63) is 12.2 Å². The Morgan fingerprint density at radius 2 is 1.69 bits per heavy atom. The second-order valence-electron chi connectivity index (χ2n) is 14.2. The molecule has 2 bridgehead atoms. The van der Waals surface area contributed by atoms with Gasteiger partial charge in [0, 0.05) is 25.0 Å². The van der Waals surface area contributed by atoms with Gasteiger partial charge in [0.2, 0.25) is 0 Å². The minimum Gasteiger partial charge on any atom is -0.459 e. The number of rotatable bonds is 5. The summed E-state index contributed by atoms with van der Waals surface area (Å²) < 4.78 is 37.5. The van der Waals surface area contributed by atoms with E-state index in [0.717, 1.165) is 5.57 Å². The van der Waals surface area contributed by atoms with Crippen LogP contribution in [-0.4, -0.2) is 116 Å². The van der Waals surface area contributed by atoms with Gasteiger partial charge in [0.1, 0.15) is 36.9 Å². The molecule has 0 saturated carbocycles. The van der Waals surface area contributed by atoms with Crippen LogP contribution in [0.1, 0.15) is 74.7 Å². The number of nitrogens with zero attached hydrogens (tertiary/aromatic N) is 1. The number of carbonyl (C=O) groups is 3. The fraction of sp³-hybridized carbons (Fsp3) is 0.853. The molecular formula is C34H57NO10. The van der Waals surface area contributed by atoms with Crippen LogP contribution in [-0.2, 0) is 42.8 Å². The topological polar surface area (TPSA) is 130 Å². The first-order chi connectivity index (χ1) is 20.9. The number of cyclic esters (lactones) is 1. The fourth-order valence-electron chi connectivity index (χ4n) is 7.46. The number of methoxy groups -OCH3 is 1. The highest BCUT2D eigenvalue weighted by molar-refractivity contribution is 6.00. The van der Waals surface area contributed by atoms with Crippen LogP contribution in [0.5, 0.6) is 0 Å². The molecule has 258 valence electrons. The zero-order valence-corrected chi connectivity index (χ0v) is 29.2. The highest BCUT2D eigenvalue weighted by Crippen LogP contribution is 2.42. The molecule has 0 aromatic rings. The molecule has 0 radical (unpaired) electrons. The molecule has 1 N–H and O–H groups in total. The van der Waals surface area contributed by atoms with Crippen molar-refractivity contribution >= 4 is 17.5 Å². The SMILES string of the molecule is C=C1[C@H](C)C[C@@]2(C)OCC(=O)CO[C@H]([C@H]1C)[C@](C)(O)[C@@H](CC)OC(=O)C(C)C(=O)[C@H](C)[C@H]2O[C@@H]1O[C@H](C)C[C@H](N(C)C)[C@H]1OC. The van der Waals surface area contributed by atoms with E-state index in [9.17, 15) is 19.5 Å². The number of hydrogen-bond donors (Lipinski definition) is 1. The average Bonchev–Trinajstić information content (AvgIpc) is 2.99. The van der Waals surface area contributed by atoms with E-state index in [-0.39, 0.29) is 43.5 Å². The van der Waals surface area contributed by atoms with Gasteiger partial charge in [0.25, 0.3) is 0 Å². The molecule has 0 spiro atoms. The third kappa shape index (κ3) is 8.05. The lowest BCUT2D eigenvalue weighted by atomic mass is 9.73. The summed E-state index contributed by atoms with van der Waals surface area (Å²) in [7, 11) is 5.54. The fourth-order valence-corrected chi connectivity index (χ4v) is 7.46. The van der Waals surface area contributed by atoms with E-state index in [4.69, 9.17) is 28.4 Å². The molecule has 3 fully saturated rings. The summed E-state index contributed by atoms with van der Waals surface area (Å²) in [6, 6.07) is -0.0302. The van der Waals surface area contributed by atoms with Gasteiger partial charge in [-0.3, -0.25) is 14.4 Å². The molecule has 11 heteroatoms. The van der Waals surface area contributed by atoms with Crippen LogP contribution >= 0.6 is 0 Å². The third-order valence-electron chi connectivity index (χ3n) is 10.3. The Balaban J connectivity index is 2.21. The molecule has 0 aromatic carbocycles. The Hall–Kier alpha value is -1.73. The molecule has 13 atom stereocenters. The van der Waals surface area contributed by atoms with Gasteiger partial charge in [0.05, 0.1) is 23.9 Å². The lowest BCUT2D eigenvalue weighted by Crippen LogP contribution is -2.60. The Morgan fingerprint density at radius 1 is 1.04 bits per heavy atom. The molecule has 0 aromatic heterocycles.